The van der Waals surface area contributed by atoms with Crippen LogP contribution in [0.5, 0.6) is 0 Å². The number of benzene rings is 1. The third kappa shape index (κ3) is 5.75. The van der Waals surface area contributed by atoms with Crippen LogP contribution in [0.2, 0.25) is 5.02 Å². The zero-order valence-corrected chi connectivity index (χ0v) is 19.3. The summed E-state index contributed by atoms with van der Waals surface area (Å²) in [6, 6.07) is 13.8. The number of oxime groups is 1. The number of carbonyl (C=O) groups is 1. The number of amides is 1. The van der Waals surface area contributed by atoms with Crippen molar-refractivity contribution in [3.8, 4) is 0 Å². The second-order valence-electron chi connectivity index (χ2n) is 8.11. The van der Waals surface area contributed by atoms with E-state index in [1.165, 1.54) is 11.8 Å². The SMILES string of the molecule is O=C(Nc1ccc(Cl)cn1)C1=NOC2(CCN(C(=S)NCCCc3ccccc3)CC2)C1. The number of piperidine rings is 1. The minimum Gasteiger partial charge on any atom is -0.388 e. The van der Waals surface area contributed by atoms with E-state index in [0.717, 1.165) is 50.4 Å². The number of likely N-dealkylation sites (tertiary alicyclic amines) is 1. The standard InChI is InChI=1S/C23H26ClN5O2S/c24-18-8-9-20(26-16-18)27-21(30)19-15-23(31-28-19)10-13-29(14-11-23)22(32)25-12-4-7-17-5-2-1-3-6-17/h1-3,5-6,8-9,16H,4,7,10-15H2,(H,25,32)(H,26,27,30). The summed E-state index contributed by atoms with van der Waals surface area (Å²) in [6.45, 7) is 2.39. The van der Waals surface area contributed by atoms with Gasteiger partial charge in [-0.2, -0.15) is 0 Å². The van der Waals surface area contributed by atoms with Crippen molar-refractivity contribution in [2.45, 2.75) is 37.7 Å². The Morgan fingerprint density at radius 3 is 2.69 bits per heavy atom. The van der Waals surface area contributed by atoms with Gasteiger partial charge in [0.25, 0.3) is 5.91 Å². The predicted octanol–water partition coefficient (Wildman–Crippen LogP) is 3.79. The number of halogens is 1. The van der Waals surface area contributed by atoms with Gasteiger partial charge in [0.1, 0.15) is 17.1 Å². The van der Waals surface area contributed by atoms with Gasteiger partial charge in [0.05, 0.1) is 5.02 Å². The Bertz CT molecular complexity index is 976. The van der Waals surface area contributed by atoms with Crippen molar-refractivity contribution in [1.29, 1.82) is 0 Å². The van der Waals surface area contributed by atoms with Crippen LogP contribution in [-0.2, 0) is 16.1 Å². The Morgan fingerprint density at radius 2 is 1.97 bits per heavy atom. The monoisotopic (exact) mass is 471 g/mol. The number of anilines is 1. The van der Waals surface area contributed by atoms with E-state index in [2.05, 4.69) is 49.9 Å². The van der Waals surface area contributed by atoms with Gasteiger partial charge in [-0.15, -0.1) is 0 Å². The van der Waals surface area contributed by atoms with Crippen molar-refractivity contribution in [2.75, 3.05) is 25.0 Å². The van der Waals surface area contributed by atoms with Gasteiger partial charge in [0, 0.05) is 45.1 Å². The maximum Gasteiger partial charge on any atom is 0.274 e. The highest BCUT2D eigenvalue weighted by Crippen LogP contribution is 2.35. The van der Waals surface area contributed by atoms with Crippen molar-refractivity contribution in [1.82, 2.24) is 15.2 Å². The largest absolute Gasteiger partial charge is 0.388 e. The average molecular weight is 472 g/mol. The summed E-state index contributed by atoms with van der Waals surface area (Å²) >= 11 is 11.4. The fourth-order valence-electron chi connectivity index (χ4n) is 3.91. The molecule has 168 valence electrons. The van der Waals surface area contributed by atoms with Crippen LogP contribution in [0.15, 0.2) is 53.8 Å². The van der Waals surface area contributed by atoms with E-state index in [9.17, 15) is 4.79 Å². The second kappa shape index (κ2) is 10.3. The number of pyridine rings is 1. The van der Waals surface area contributed by atoms with E-state index in [-0.39, 0.29) is 5.91 Å². The van der Waals surface area contributed by atoms with Crippen molar-refractivity contribution in [3.05, 3.63) is 59.2 Å². The smallest absolute Gasteiger partial charge is 0.274 e. The van der Waals surface area contributed by atoms with Crippen LogP contribution in [-0.4, -0.2) is 51.9 Å². The van der Waals surface area contributed by atoms with Gasteiger partial charge in [-0.25, -0.2) is 4.98 Å². The van der Waals surface area contributed by atoms with Crippen molar-refractivity contribution >= 4 is 46.4 Å². The third-order valence-electron chi connectivity index (χ3n) is 5.79. The molecule has 7 nitrogen and oxygen atoms in total. The number of rotatable bonds is 6. The Balaban J connectivity index is 1.18. The van der Waals surface area contributed by atoms with Gasteiger partial charge >= 0.3 is 0 Å². The maximum atomic E-state index is 12.5. The number of aryl methyl sites for hydroxylation is 1. The van der Waals surface area contributed by atoms with E-state index < -0.39 is 5.60 Å². The maximum absolute atomic E-state index is 12.5. The molecule has 0 aliphatic carbocycles. The molecule has 0 atom stereocenters. The van der Waals surface area contributed by atoms with E-state index in [1.54, 1.807) is 12.1 Å². The van der Waals surface area contributed by atoms with Gasteiger partial charge in [-0.3, -0.25) is 4.79 Å². The van der Waals surface area contributed by atoms with Gasteiger partial charge in [-0.1, -0.05) is 47.1 Å². The lowest BCUT2D eigenvalue weighted by molar-refractivity contribution is -0.110. The molecule has 2 aromatic rings. The Hall–Kier alpha value is -2.71. The van der Waals surface area contributed by atoms with Crippen LogP contribution < -0.4 is 10.6 Å². The van der Waals surface area contributed by atoms with Crippen molar-refractivity contribution in [3.63, 3.8) is 0 Å². The van der Waals surface area contributed by atoms with E-state index in [4.69, 9.17) is 28.7 Å². The molecule has 1 aromatic carbocycles. The molecule has 2 aliphatic rings. The van der Waals surface area contributed by atoms with Crippen molar-refractivity contribution < 1.29 is 9.63 Å². The minimum absolute atomic E-state index is 0.297. The minimum atomic E-state index is -0.431. The molecule has 1 aromatic heterocycles. The van der Waals surface area contributed by atoms with Gasteiger partial charge in [0.15, 0.2) is 5.11 Å². The predicted molar refractivity (Wildman–Crippen MR) is 130 cm³/mol. The highest BCUT2D eigenvalue weighted by Gasteiger charge is 2.44. The fraction of sp³-hybridized carbons (Fsp3) is 0.391. The second-order valence-corrected chi connectivity index (χ2v) is 8.94. The number of nitrogens with zero attached hydrogens (tertiary/aromatic N) is 3. The zero-order chi connectivity index (χ0) is 22.4. The first-order valence-corrected chi connectivity index (χ1v) is 11.6. The van der Waals surface area contributed by atoms with E-state index in [1.807, 2.05) is 6.07 Å². The van der Waals surface area contributed by atoms with Crippen molar-refractivity contribution in [2.24, 2.45) is 5.16 Å². The van der Waals surface area contributed by atoms with Gasteiger partial charge in [-0.05, 0) is 42.8 Å². The van der Waals surface area contributed by atoms with Crippen LogP contribution in [0.1, 0.15) is 31.2 Å². The molecule has 2 aliphatic heterocycles. The molecule has 9 heteroatoms. The molecule has 3 heterocycles. The summed E-state index contributed by atoms with van der Waals surface area (Å²) in [5, 5.41) is 11.5. The summed E-state index contributed by atoms with van der Waals surface area (Å²) in [4.78, 5) is 24.5. The van der Waals surface area contributed by atoms with Crippen LogP contribution in [0.25, 0.3) is 0 Å². The normalized spacial score (nSPS) is 16.9. The Morgan fingerprint density at radius 1 is 1.19 bits per heavy atom. The Kier molecular flexibility index (Phi) is 7.22. The first-order chi connectivity index (χ1) is 15.5. The highest BCUT2D eigenvalue weighted by molar-refractivity contribution is 7.80. The molecule has 0 radical (unpaired) electrons. The number of hydrogen-bond acceptors (Lipinski definition) is 5. The molecule has 1 amide bonds. The topological polar surface area (TPSA) is 78.8 Å². The molecular weight excluding hydrogens is 446 g/mol. The lowest BCUT2D eigenvalue weighted by atomic mass is 9.87. The molecule has 2 N–H and O–H groups in total. The van der Waals surface area contributed by atoms with Crippen LogP contribution >= 0.6 is 23.8 Å². The molecule has 4 rings (SSSR count). The quantitative estimate of drug-likeness (QED) is 0.493. The first-order valence-electron chi connectivity index (χ1n) is 10.8. The van der Waals surface area contributed by atoms with Gasteiger partial charge < -0.3 is 20.4 Å². The van der Waals surface area contributed by atoms with E-state index >= 15 is 0 Å². The first kappa shape index (κ1) is 22.5. The number of aromatic nitrogens is 1. The molecule has 0 unspecified atom stereocenters. The highest BCUT2D eigenvalue weighted by atomic mass is 35.5. The molecule has 1 spiro atoms. The summed E-state index contributed by atoms with van der Waals surface area (Å²) in [7, 11) is 0. The summed E-state index contributed by atoms with van der Waals surface area (Å²) < 4.78 is 0. The zero-order valence-electron chi connectivity index (χ0n) is 17.7. The van der Waals surface area contributed by atoms with Gasteiger partial charge in [0.2, 0.25) is 0 Å². The van der Waals surface area contributed by atoms with E-state index in [0.29, 0.717) is 23.0 Å². The van der Waals surface area contributed by atoms with Crippen LogP contribution in [0.4, 0.5) is 5.82 Å². The summed E-state index contributed by atoms with van der Waals surface area (Å²) in [5.74, 6) is 0.135. The molecule has 0 bridgehead atoms. The lowest BCUT2D eigenvalue weighted by Crippen LogP contribution is -2.50. The number of nitrogens with one attached hydrogen (secondary N) is 2. The average Bonchev–Trinajstić information content (AvgIpc) is 3.23. The molecule has 0 saturated carbocycles. The summed E-state index contributed by atoms with van der Waals surface area (Å²) in [6.07, 6.45) is 5.55. The summed E-state index contributed by atoms with van der Waals surface area (Å²) in [5.41, 5.74) is 1.29. The number of thiocarbonyl (C=S) groups is 1. The molecule has 32 heavy (non-hydrogen) atoms. The third-order valence-corrected chi connectivity index (χ3v) is 6.42. The molecule has 1 saturated heterocycles. The van der Waals surface area contributed by atoms with Crippen LogP contribution in [0.3, 0.4) is 0 Å². The number of hydrogen-bond donors (Lipinski definition) is 2. The fourth-order valence-corrected chi connectivity index (χ4v) is 4.31. The molecular formula is C23H26ClN5O2S. The lowest BCUT2D eigenvalue weighted by Gasteiger charge is -2.38. The number of carbonyl (C=O) groups excluding carboxylic acids is 1. The Labute approximate surface area is 198 Å². The van der Waals surface area contributed by atoms with Crippen LogP contribution in [0, 0.1) is 0 Å². The molecule has 1 fully saturated rings.